The molecule has 0 saturated carbocycles. The molecule has 0 amide bonds. The number of hydrogen-bond acceptors (Lipinski definition) is 4. The first kappa shape index (κ1) is 12.9. The molecule has 1 atom stereocenters. The molecular formula is C11H24N2O2. The van der Waals surface area contributed by atoms with Gasteiger partial charge in [0, 0.05) is 19.1 Å². The highest BCUT2D eigenvalue weighted by Gasteiger charge is 2.20. The Balaban J connectivity index is 2.13. The van der Waals surface area contributed by atoms with Crippen LogP contribution in [0, 0.1) is 0 Å². The van der Waals surface area contributed by atoms with Gasteiger partial charge in [-0.2, -0.15) is 0 Å². The van der Waals surface area contributed by atoms with Crippen molar-refractivity contribution in [2.24, 2.45) is 0 Å². The number of nitrogens with zero attached hydrogens (tertiary/aromatic N) is 2. The minimum absolute atomic E-state index is 0.125. The molecule has 1 unspecified atom stereocenters. The lowest BCUT2D eigenvalue weighted by Gasteiger charge is -2.36. The SMILES string of the molecule is CN(C)C1CCCN(CCOCCO)C1. The van der Waals surface area contributed by atoms with E-state index < -0.39 is 0 Å². The van der Waals surface area contributed by atoms with Crippen molar-refractivity contribution in [1.82, 2.24) is 9.80 Å². The maximum atomic E-state index is 8.57. The maximum Gasteiger partial charge on any atom is 0.0698 e. The first-order valence-corrected chi connectivity index (χ1v) is 5.81. The van der Waals surface area contributed by atoms with Crippen molar-refractivity contribution < 1.29 is 9.84 Å². The van der Waals surface area contributed by atoms with Crippen molar-refractivity contribution in [3.05, 3.63) is 0 Å². The number of rotatable bonds is 6. The summed E-state index contributed by atoms with van der Waals surface area (Å²) in [7, 11) is 4.30. The van der Waals surface area contributed by atoms with Crippen molar-refractivity contribution in [2.45, 2.75) is 18.9 Å². The molecule has 1 fully saturated rings. The summed E-state index contributed by atoms with van der Waals surface area (Å²) in [5, 5.41) is 8.57. The number of likely N-dealkylation sites (N-methyl/N-ethyl adjacent to an activating group) is 1. The van der Waals surface area contributed by atoms with Gasteiger partial charge in [0.15, 0.2) is 0 Å². The Bertz CT molecular complexity index is 165. The monoisotopic (exact) mass is 216 g/mol. The number of aliphatic hydroxyl groups is 1. The quantitative estimate of drug-likeness (QED) is 0.635. The Kier molecular flexibility index (Phi) is 6.17. The molecule has 4 nitrogen and oxygen atoms in total. The predicted octanol–water partition coefficient (Wildman–Crippen LogP) is 0.0213. The number of ether oxygens (including phenoxy) is 1. The molecule has 1 aliphatic rings. The van der Waals surface area contributed by atoms with E-state index in [1.165, 1.54) is 19.4 Å². The highest BCUT2D eigenvalue weighted by molar-refractivity contribution is 4.77. The average molecular weight is 216 g/mol. The lowest BCUT2D eigenvalue weighted by atomic mass is 10.1. The van der Waals surface area contributed by atoms with E-state index in [2.05, 4.69) is 23.9 Å². The molecule has 1 rings (SSSR count). The summed E-state index contributed by atoms with van der Waals surface area (Å²) in [6.45, 7) is 4.65. The number of likely N-dealkylation sites (tertiary alicyclic amines) is 1. The summed E-state index contributed by atoms with van der Waals surface area (Å²) < 4.78 is 5.28. The lowest BCUT2D eigenvalue weighted by molar-refractivity contribution is 0.0573. The van der Waals surface area contributed by atoms with Gasteiger partial charge in [-0.25, -0.2) is 0 Å². The van der Waals surface area contributed by atoms with Crippen LogP contribution in [0.5, 0.6) is 0 Å². The summed E-state index contributed by atoms with van der Waals surface area (Å²) in [6, 6.07) is 0.691. The number of hydrogen-bond donors (Lipinski definition) is 1. The number of aliphatic hydroxyl groups excluding tert-OH is 1. The molecule has 1 aliphatic heterocycles. The van der Waals surface area contributed by atoms with E-state index in [1.54, 1.807) is 0 Å². The zero-order chi connectivity index (χ0) is 11.1. The summed E-state index contributed by atoms with van der Waals surface area (Å²) in [5.74, 6) is 0. The van der Waals surface area contributed by atoms with Crippen LogP contribution in [0.4, 0.5) is 0 Å². The molecule has 0 spiro atoms. The molecule has 0 aromatic rings. The maximum absolute atomic E-state index is 8.57. The normalized spacial score (nSPS) is 23.6. The van der Waals surface area contributed by atoms with Gasteiger partial charge in [-0.1, -0.05) is 0 Å². The third-order valence-electron chi connectivity index (χ3n) is 3.00. The van der Waals surface area contributed by atoms with E-state index in [0.717, 1.165) is 19.7 Å². The Labute approximate surface area is 92.8 Å². The van der Waals surface area contributed by atoms with Gasteiger partial charge in [-0.3, -0.25) is 4.90 Å². The summed E-state index contributed by atoms with van der Waals surface area (Å²) in [5.41, 5.74) is 0. The third-order valence-corrected chi connectivity index (χ3v) is 3.00. The summed E-state index contributed by atoms with van der Waals surface area (Å²) in [6.07, 6.45) is 2.59. The van der Waals surface area contributed by atoms with Crippen molar-refractivity contribution >= 4 is 0 Å². The van der Waals surface area contributed by atoms with Crippen LogP contribution in [-0.2, 0) is 4.74 Å². The average Bonchev–Trinajstić information content (AvgIpc) is 2.25. The Hall–Kier alpha value is -0.160. The van der Waals surface area contributed by atoms with Gasteiger partial charge in [0.25, 0.3) is 0 Å². The fourth-order valence-electron chi connectivity index (χ4n) is 2.02. The van der Waals surface area contributed by atoms with Crippen molar-refractivity contribution in [2.75, 3.05) is 53.6 Å². The van der Waals surface area contributed by atoms with Gasteiger partial charge in [0.05, 0.1) is 19.8 Å². The second-order valence-electron chi connectivity index (χ2n) is 4.40. The van der Waals surface area contributed by atoms with E-state index in [1.807, 2.05) is 0 Å². The van der Waals surface area contributed by atoms with Crippen LogP contribution in [0.15, 0.2) is 0 Å². The molecule has 4 heteroatoms. The smallest absolute Gasteiger partial charge is 0.0698 e. The third kappa shape index (κ3) is 4.93. The highest BCUT2D eigenvalue weighted by Crippen LogP contribution is 2.12. The minimum Gasteiger partial charge on any atom is -0.394 e. The summed E-state index contributed by atoms with van der Waals surface area (Å²) >= 11 is 0. The molecule has 90 valence electrons. The topological polar surface area (TPSA) is 35.9 Å². The van der Waals surface area contributed by atoms with Crippen molar-refractivity contribution in [3.8, 4) is 0 Å². The van der Waals surface area contributed by atoms with Crippen LogP contribution in [0.25, 0.3) is 0 Å². The van der Waals surface area contributed by atoms with Gasteiger partial charge in [-0.05, 0) is 33.5 Å². The van der Waals surface area contributed by atoms with E-state index in [0.29, 0.717) is 12.6 Å². The molecule has 0 aromatic carbocycles. The Morgan fingerprint density at radius 1 is 1.40 bits per heavy atom. The van der Waals surface area contributed by atoms with Crippen LogP contribution < -0.4 is 0 Å². The molecule has 1 heterocycles. The van der Waals surface area contributed by atoms with Crippen LogP contribution in [-0.4, -0.2) is 74.5 Å². The first-order chi connectivity index (χ1) is 7.24. The van der Waals surface area contributed by atoms with E-state index in [9.17, 15) is 0 Å². The van der Waals surface area contributed by atoms with E-state index >= 15 is 0 Å². The second-order valence-corrected chi connectivity index (χ2v) is 4.40. The highest BCUT2D eigenvalue weighted by atomic mass is 16.5. The van der Waals surface area contributed by atoms with Crippen molar-refractivity contribution in [1.29, 1.82) is 0 Å². The Morgan fingerprint density at radius 2 is 2.20 bits per heavy atom. The fourth-order valence-corrected chi connectivity index (χ4v) is 2.02. The predicted molar refractivity (Wildman–Crippen MR) is 61.1 cm³/mol. The zero-order valence-electron chi connectivity index (χ0n) is 9.98. The van der Waals surface area contributed by atoms with Crippen LogP contribution in [0.2, 0.25) is 0 Å². The van der Waals surface area contributed by atoms with Gasteiger partial charge in [0.1, 0.15) is 0 Å². The Morgan fingerprint density at radius 3 is 2.87 bits per heavy atom. The molecule has 1 N–H and O–H groups in total. The van der Waals surface area contributed by atoms with Gasteiger partial charge >= 0.3 is 0 Å². The molecular weight excluding hydrogens is 192 g/mol. The zero-order valence-corrected chi connectivity index (χ0v) is 9.98. The van der Waals surface area contributed by atoms with Gasteiger partial charge < -0.3 is 14.7 Å². The second kappa shape index (κ2) is 7.17. The van der Waals surface area contributed by atoms with Crippen LogP contribution in [0.3, 0.4) is 0 Å². The molecule has 1 saturated heterocycles. The fraction of sp³-hybridized carbons (Fsp3) is 1.00. The largest absolute Gasteiger partial charge is 0.394 e. The standard InChI is InChI=1S/C11H24N2O2/c1-12(2)11-4-3-5-13(10-11)6-8-15-9-7-14/h11,14H,3-10H2,1-2H3. The van der Waals surface area contributed by atoms with Gasteiger partial charge in [0.2, 0.25) is 0 Å². The van der Waals surface area contributed by atoms with E-state index in [-0.39, 0.29) is 6.61 Å². The molecule has 0 aliphatic carbocycles. The molecule has 0 aromatic heterocycles. The van der Waals surface area contributed by atoms with E-state index in [4.69, 9.17) is 9.84 Å². The molecule has 0 radical (unpaired) electrons. The summed E-state index contributed by atoms with van der Waals surface area (Å²) in [4.78, 5) is 4.76. The van der Waals surface area contributed by atoms with Crippen LogP contribution >= 0.6 is 0 Å². The van der Waals surface area contributed by atoms with Crippen molar-refractivity contribution in [3.63, 3.8) is 0 Å². The molecule has 0 bridgehead atoms. The lowest BCUT2D eigenvalue weighted by Crippen LogP contribution is -2.46. The van der Waals surface area contributed by atoms with Crippen LogP contribution in [0.1, 0.15) is 12.8 Å². The van der Waals surface area contributed by atoms with Gasteiger partial charge in [-0.15, -0.1) is 0 Å². The minimum atomic E-state index is 0.125. The first-order valence-electron chi connectivity index (χ1n) is 5.81. The number of piperidine rings is 1. The molecule has 15 heavy (non-hydrogen) atoms.